The van der Waals surface area contributed by atoms with Crippen LogP contribution in [0.4, 0.5) is 0 Å². The number of carbonyl (C=O) groups is 5. The lowest BCUT2D eigenvalue weighted by Gasteiger charge is -2.48. The highest BCUT2D eigenvalue weighted by Crippen LogP contribution is 2.62. The van der Waals surface area contributed by atoms with E-state index in [2.05, 4.69) is 73.8 Å². The number of pyridine rings is 1. The zero-order valence-electron chi connectivity index (χ0n) is 40.3. The first-order valence-electron chi connectivity index (χ1n) is 25.3. The summed E-state index contributed by atoms with van der Waals surface area (Å²) in [6.07, 6.45) is 16.6. The molecule has 71 heavy (non-hydrogen) atoms. The zero-order valence-corrected chi connectivity index (χ0v) is 41.1. The van der Waals surface area contributed by atoms with Gasteiger partial charge in [0, 0.05) is 55.7 Å². The van der Waals surface area contributed by atoms with Gasteiger partial charge in [0.05, 0.1) is 5.25 Å². The van der Waals surface area contributed by atoms with Crippen molar-refractivity contribution >= 4 is 47.6 Å². The SMILES string of the molecule is CNCN[C@@](O)(CCC(=O)N[C@@H](CS[C@H]1C2=C3[C@H](CCCCCC14CCCC4)CC(Cc1ccncc1)=C1[C@H]4NCC[C@H]5C=Cc6cccc(c6C[C@H]54)CC#C[C@]31C(=O)O2)C(=O)N[C@@H](O)C(=O)O)C(=O)O. The minimum Gasteiger partial charge on any atom is -0.478 e. The number of allylic oxidation sites excluding steroid dienone is 2. The third-order valence-corrected chi connectivity index (χ3v) is 17.9. The highest BCUT2D eigenvalue weighted by molar-refractivity contribution is 8.00. The number of amides is 2. The molecule has 9 atom stereocenters. The molecule has 1 saturated heterocycles. The van der Waals surface area contributed by atoms with Crippen molar-refractivity contribution in [1.82, 2.24) is 31.6 Å². The number of carboxylic acid groups (broad SMARTS) is 2. The number of hydrogen-bond acceptors (Lipinski definition) is 13. The number of carbonyl (C=O) groups excluding carboxylic acids is 3. The van der Waals surface area contributed by atoms with Crippen molar-refractivity contribution in [2.45, 2.75) is 132 Å². The van der Waals surface area contributed by atoms with Crippen LogP contribution in [0.2, 0.25) is 0 Å². The van der Waals surface area contributed by atoms with Crippen molar-refractivity contribution in [3.05, 3.63) is 93.5 Å². The third kappa shape index (κ3) is 10.1. The Kier molecular flexibility index (Phi) is 15.2. The molecule has 0 radical (unpaired) electrons. The molecule has 378 valence electrons. The lowest BCUT2D eigenvalue weighted by molar-refractivity contribution is -0.164. The van der Waals surface area contributed by atoms with Gasteiger partial charge in [-0.15, -0.1) is 11.8 Å². The quantitative estimate of drug-likeness (QED) is 0.0497. The van der Waals surface area contributed by atoms with Gasteiger partial charge >= 0.3 is 17.9 Å². The van der Waals surface area contributed by atoms with E-state index in [-0.39, 0.29) is 41.6 Å². The maximum atomic E-state index is 15.9. The highest BCUT2D eigenvalue weighted by Gasteiger charge is 2.63. The van der Waals surface area contributed by atoms with Gasteiger partial charge in [0.25, 0.3) is 0 Å². The zero-order chi connectivity index (χ0) is 49.9. The first-order chi connectivity index (χ1) is 34.3. The maximum Gasteiger partial charge on any atom is 0.353 e. The van der Waals surface area contributed by atoms with Gasteiger partial charge in [0.1, 0.15) is 11.8 Å². The summed E-state index contributed by atoms with van der Waals surface area (Å²) in [5.41, 5.74) is 3.62. The normalized spacial score (nSPS) is 27.9. The van der Waals surface area contributed by atoms with Gasteiger partial charge in [0.15, 0.2) is 5.41 Å². The largest absolute Gasteiger partial charge is 0.478 e. The average molecular weight is 991 g/mol. The Hall–Kier alpha value is -5.35. The Morgan fingerprint density at radius 3 is 2.52 bits per heavy atom. The molecule has 17 heteroatoms. The Labute approximate surface area is 418 Å². The number of aliphatic hydroxyl groups excluding tert-OH is 1. The molecule has 9 N–H and O–H groups in total. The van der Waals surface area contributed by atoms with E-state index >= 15 is 4.79 Å². The lowest BCUT2D eigenvalue weighted by Crippen LogP contribution is -2.56. The summed E-state index contributed by atoms with van der Waals surface area (Å²) in [7, 11) is 1.55. The number of esters is 1. The number of hydrogen-bond donors (Lipinski definition) is 9. The van der Waals surface area contributed by atoms with Crippen molar-refractivity contribution in [3.8, 4) is 11.8 Å². The fourth-order valence-electron chi connectivity index (χ4n) is 12.9. The van der Waals surface area contributed by atoms with E-state index in [1.54, 1.807) is 7.05 Å². The summed E-state index contributed by atoms with van der Waals surface area (Å²) in [6.45, 7) is 0.681. The van der Waals surface area contributed by atoms with Crippen LogP contribution >= 0.6 is 11.8 Å². The number of benzene rings is 1. The van der Waals surface area contributed by atoms with Gasteiger partial charge in [-0.25, -0.2) is 14.4 Å². The van der Waals surface area contributed by atoms with E-state index < -0.39 is 71.2 Å². The second-order valence-corrected chi connectivity index (χ2v) is 21.7. The van der Waals surface area contributed by atoms with Gasteiger partial charge in [-0.1, -0.05) is 79.9 Å². The van der Waals surface area contributed by atoms with E-state index in [1.807, 2.05) is 24.5 Å². The molecule has 2 aromatic rings. The molecule has 1 aromatic carbocycles. The van der Waals surface area contributed by atoms with Crippen LogP contribution in [0, 0.1) is 40.4 Å². The van der Waals surface area contributed by atoms with Crippen LogP contribution in [-0.2, 0) is 48.0 Å². The number of ether oxygens (including phenoxy) is 1. The number of thioether (sulfide) groups is 1. The molecular formula is C54H66N6O10S. The number of aliphatic hydroxyl groups is 2. The molecule has 9 rings (SSSR count). The Balaban J connectivity index is 1.18. The van der Waals surface area contributed by atoms with Crippen LogP contribution in [0.5, 0.6) is 0 Å². The standard InChI is InChI=1S/C54H66N6O10S/c1-55-31-58-54(69,50(66)67)23-15-41(61)59-40(47(62)60-48(63)49(64)65)30-71-46-45-43-36(9-3-2-4-19-52(46)20-5-6-21-52)28-37(27-32-16-24-56-25-17-32)42-44-39-29-38-33(12-8-22-53(42,43)51(68)70-45)10-7-11-34(38)13-14-35(39)18-26-57-44/h7,10-11,13-14,16-17,24-25,35-36,39-40,44,46,48,55,57-58,63,69H,2-6,9,12,15,18-21,23,26-31H2,1H3,(H,59,61)(H,60,62)(H,64,65)(H,66,67)/t35-,36-,39-,40+,44+,46+,48+,53-,54-/m1/s1. The number of carboxylic acids is 2. The predicted octanol–water partition coefficient (Wildman–Crippen LogP) is 4.11. The van der Waals surface area contributed by atoms with Crippen molar-refractivity contribution < 1.29 is 49.1 Å². The highest BCUT2D eigenvalue weighted by atomic mass is 32.2. The number of piperidine rings is 1. The van der Waals surface area contributed by atoms with Crippen LogP contribution in [0.3, 0.4) is 0 Å². The van der Waals surface area contributed by atoms with Gasteiger partial charge in [-0.05, 0) is 128 Å². The number of fused-ring (bicyclic) bond motifs is 1. The molecule has 2 bridgehead atoms. The molecule has 2 aliphatic heterocycles. The summed E-state index contributed by atoms with van der Waals surface area (Å²) >= 11 is 1.38. The van der Waals surface area contributed by atoms with Gasteiger partial charge in [0.2, 0.25) is 23.8 Å². The van der Waals surface area contributed by atoms with E-state index in [4.69, 9.17) is 4.74 Å². The van der Waals surface area contributed by atoms with Crippen molar-refractivity contribution in [1.29, 1.82) is 0 Å². The summed E-state index contributed by atoms with van der Waals surface area (Å²) < 4.78 is 6.98. The molecule has 2 spiro atoms. The molecule has 2 amide bonds. The molecule has 0 unspecified atom stereocenters. The van der Waals surface area contributed by atoms with Gasteiger partial charge in [-0.3, -0.25) is 19.9 Å². The summed E-state index contributed by atoms with van der Waals surface area (Å²) in [6, 6.07) is 8.89. The molecule has 1 aromatic heterocycles. The summed E-state index contributed by atoms with van der Waals surface area (Å²) in [5, 5.41) is 53.9. The molecular weight excluding hydrogens is 925 g/mol. The topological polar surface area (TPSA) is 249 Å². The molecule has 7 aliphatic rings. The fraction of sp³-hybridized carbons (Fsp3) is 0.556. The number of rotatable bonds is 16. The molecule has 16 nitrogen and oxygen atoms in total. The second-order valence-electron chi connectivity index (χ2n) is 20.6. The minimum atomic E-state index is -2.47. The maximum absolute atomic E-state index is 15.9. The van der Waals surface area contributed by atoms with Crippen LogP contribution in [-0.4, -0.2) is 110 Å². The van der Waals surface area contributed by atoms with Crippen LogP contribution in [0.25, 0.3) is 6.08 Å². The Bertz CT molecular complexity index is 2570. The number of nitrogens with zero attached hydrogens (tertiary/aromatic N) is 1. The van der Waals surface area contributed by atoms with Crippen LogP contribution < -0.4 is 26.6 Å². The second kappa shape index (κ2) is 21.4. The van der Waals surface area contributed by atoms with Crippen LogP contribution in [0.1, 0.15) is 106 Å². The van der Waals surface area contributed by atoms with Crippen LogP contribution in [0.15, 0.2) is 71.3 Å². The molecule has 2 fully saturated rings. The van der Waals surface area contributed by atoms with E-state index in [1.165, 1.54) is 28.5 Å². The molecule has 5 aliphatic carbocycles. The minimum absolute atomic E-state index is 0.0772. The van der Waals surface area contributed by atoms with Gasteiger partial charge in [-0.2, -0.15) is 0 Å². The van der Waals surface area contributed by atoms with E-state index in [9.17, 15) is 39.6 Å². The third-order valence-electron chi connectivity index (χ3n) is 16.3. The Morgan fingerprint density at radius 2 is 1.77 bits per heavy atom. The average Bonchev–Trinajstić information content (AvgIpc) is 3.88. The van der Waals surface area contributed by atoms with Crippen molar-refractivity contribution in [2.24, 2.45) is 28.6 Å². The van der Waals surface area contributed by atoms with Crippen molar-refractivity contribution in [3.63, 3.8) is 0 Å². The number of aliphatic carboxylic acids is 2. The first-order valence-corrected chi connectivity index (χ1v) is 26.4. The fourth-order valence-corrected chi connectivity index (χ4v) is 14.5. The summed E-state index contributed by atoms with van der Waals surface area (Å²) in [4.78, 5) is 71.8. The lowest BCUT2D eigenvalue weighted by atomic mass is 9.56. The monoisotopic (exact) mass is 990 g/mol. The van der Waals surface area contributed by atoms with Gasteiger partial charge < -0.3 is 46.4 Å². The first kappa shape index (κ1) is 50.6. The smallest absolute Gasteiger partial charge is 0.353 e. The number of aromatic nitrogens is 1. The Morgan fingerprint density at radius 1 is 1.00 bits per heavy atom. The predicted molar refractivity (Wildman–Crippen MR) is 266 cm³/mol. The van der Waals surface area contributed by atoms with E-state index in [0.717, 1.165) is 99.4 Å². The molecule has 1 saturated carbocycles. The van der Waals surface area contributed by atoms with E-state index in [0.29, 0.717) is 25.0 Å². The molecule has 3 heterocycles. The summed E-state index contributed by atoms with van der Waals surface area (Å²) in [5.74, 6) is 2.64. The van der Waals surface area contributed by atoms with Crippen molar-refractivity contribution in [2.75, 3.05) is 26.0 Å². The number of nitrogens with one attached hydrogen (secondary N) is 5.